The number of ether oxygens (including phenoxy) is 3. The standard InChI is InChI=1S/C21H23ClN4O4/c1-11-6-14(7-12(2)17(11)27-9-15-10-28-21(4,5)29-15)18-25-19(30-26-18)16-8-13(3)23-20(22)24-16/h6-8,15H,9-10H2,1-5H3. The molecule has 1 fully saturated rings. The average molecular weight is 431 g/mol. The first-order valence-electron chi connectivity index (χ1n) is 9.61. The van der Waals surface area contributed by atoms with E-state index in [1.807, 2.05) is 46.8 Å². The number of aromatic nitrogens is 4. The van der Waals surface area contributed by atoms with Gasteiger partial charge in [-0.05, 0) is 75.5 Å². The summed E-state index contributed by atoms with van der Waals surface area (Å²) in [5.41, 5.74) is 3.97. The van der Waals surface area contributed by atoms with E-state index in [4.69, 9.17) is 30.3 Å². The third-order valence-corrected chi connectivity index (χ3v) is 4.84. The first-order valence-corrected chi connectivity index (χ1v) is 9.99. The summed E-state index contributed by atoms with van der Waals surface area (Å²) in [6.45, 7) is 10.5. The largest absolute Gasteiger partial charge is 0.490 e. The maximum Gasteiger partial charge on any atom is 0.277 e. The van der Waals surface area contributed by atoms with Gasteiger partial charge in [-0.1, -0.05) is 5.16 Å². The molecule has 9 heteroatoms. The van der Waals surface area contributed by atoms with Crippen molar-refractivity contribution in [2.75, 3.05) is 13.2 Å². The molecule has 158 valence electrons. The van der Waals surface area contributed by atoms with E-state index in [2.05, 4.69) is 20.1 Å². The molecule has 1 aliphatic rings. The van der Waals surface area contributed by atoms with E-state index in [1.165, 1.54) is 0 Å². The number of hydrogen-bond donors (Lipinski definition) is 0. The molecule has 4 rings (SSSR count). The van der Waals surface area contributed by atoms with Gasteiger partial charge in [0.15, 0.2) is 5.79 Å². The van der Waals surface area contributed by atoms with Crippen molar-refractivity contribution in [1.29, 1.82) is 0 Å². The second-order valence-electron chi connectivity index (χ2n) is 7.79. The molecule has 1 atom stereocenters. The lowest BCUT2D eigenvalue weighted by molar-refractivity contribution is -0.141. The van der Waals surface area contributed by atoms with Gasteiger partial charge < -0.3 is 18.7 Å². The van der Waals surface area contributed by atoms with Crippen molar-refractivity contribution in [3.05, 3.63) is 40.3 Å². The van der Waals surface area contributed by atoms with Crippen molar-refractivity contribution in [3.63, 3.8) is 0 Å². The second-order valence-corrected chi connectivity index (χ2v) is 8.13. The van der Waals surface area contributed by atoms with Crippen LogP contribution in [-0.4, -0.2) is 45.2 Å². The molecular weight excluding hydrogens is 408 g/mol. The normalized spacial score (nSPS) is 18.0. The first kappa shape index (κ1) is 20.7. The number of aryl methyl sites for hydroxylation is 3. The summed E-state index contributed by atoms with van der Waals surface area (Å²) in [6, 6.07) is 5.67. The highest BCUT2D eigenvalue weighted by Crippen LogP contribution is 2.31. The van der Waals surface area contributed by atoms with Gasteiger partial charge in [-0.3, -0.25) is 0 Å². The van der Waals surface area contributed by atoms with E-state index in [0.717, 1.165) is 28.1 Å². The van der Waals surface area contributed by atoms with Gasteiger partial charge in [0.1, 0.15) is 24.2 Å². The topological polar surface area (TPSA) is 92.4 Å². The molecule has 0 aliphatic carbocycles. The Hall–Kier alpha value is -2.55. The van der Waals surface area contributed by atoms with Crippen molar-refractivity contribution >= 4 is 11.6 Å². The summed E-state index contributed by atoms with van der Waals surface area (Å²) in [5, 5.41) is 4.23. The summed E-state index contributed by atoms with van der Waals surface area (Å²) >= 11 is 5.93. The predicted octanol–water partition coefficient (Wildman–Crippen LogP) is 4.30. The van der Waals surface area contributed by atoms with Crippen LogP contribution in [0, 0.1) is 20.8 Å². The number of rotatable bonds is 5. The molecular formula is C21H23ClN4O4. The lowest BCUT2D eigenvalue weighted by Gasteiger charge is -2.18. The zero-order chi connectivity index (χ0) is 21.5. The van der Waals surface area contributed by atoms with Gasteiger partial charge in [-0.15, -0.1) is 0 Å². The predicted molar refractivity (Wildman–Crippen MR) is 110 cm³/mol. The molecule has 0 radical (unpaired) electrons. The van der Waals surface area contributed by atoms with Gasteiger partial charge in [-0.25, -0.2) is 9.97 Å². The maximum atomic E-state index is 6.04. The summed E-state index contributed by atoms with van der Waals surface area (Å²) in [5.74, 6) is 0.998. The highest BCUT2D eigenvalue weighted by Gasteiger charge is 2.33. The Morgan fingerprint density at radius 1 is 1.10 bits per heavy atom. The van der Waals surface area contributed by atoms with Crippen LogP contribution in [0.1, 0.15) is 30.7 Å². The van der Waals surface area contributed by atoms with E-state index in [-0.39, 0.29) is 17.3 Å². The molecule has 0 bridgehead atoms. The molecule has 0 saturated carbocycles. The van der Waals surface area contributed by atoms with Gasteiger partial charge in [0.05, 0.1) is 6.61 Å². The van der Waals surface area contributed by atoms with Crippen LogP contribution in [0.15, 0.2) is 22.7 Å². The first-order chi connectivity index (χ1) is 14.2. The van der Waals surface area contributed by atoms with E-state index in [0.29, 0.717) is 24.7 Å². The molecule has 0 spiro atoms. The quantitative estimate of drug-likeness (QED) is 0.553. The molecule has 1 aromatic carbocycles. The monoisotopic (exact) mass is 430 g/mol. The van der Waals surface area contributed by atoms with Gasteiger partial charge in [0.2, 0.25) is 11.1 Å². The third kappa shape index (κ3) is 4.45. The fourth-order valence-corrected chi connectivity index (χ4v) is 3.64. The zero-order valence-electron chi connectivity index (χ0n) is 17.5. The van der Waals surface area contributed by atoms with Crippen LogP contribution < -0.4 is 4.74 Å². The van der Waals surface area contributed by atoms with Crippen LogP contribution in [0.4, 0.5) is 0 Å². The number of nitrogens with zero attached hydrogens (tertiary/aromatic N) is 4. The van der Waals surface area contributed by atoms with Crippen LogP contribution in [-0.2, 0) is 9.47 Å². The molecule has 0 N–H and O–H groups in total. The maximum absolute atomic E-state index is 6.04. The van der Waals surface area contributed by atoms with Crippen LogP contribution in [0.25, 0.3) is 23.0 Å². The van der Waals surface area contributed by atoms with E-state index < -0.39 is 5.79 Å². The van der Waals surface area contributed by atoms with Crippen molar-refractivity contribution < 1.29 is 18.7 Å². The molecule has 3 aromatic rings. The minimum Gasteiger partial charge on any atom is -0.490 e. The van der Waals surface area contributed by atoms with Crippen molar-refractivity contribution in [1.82, 2.24) is 20.1 Å². The fraction of sp³-hybridized carbons (Fsp3) is 0.429. The lowest BCUT2D eigenvalue weighted by Crippen LogP contribution is -2.25. The minimum atomic E-state index is -0.565. The Labute approximate surface area is 179 Å². The smallest absolute Gasteiger partial charge is 0.277 e. The number of halogens is 1. The van der Waals surface area contributed by atoms with Crippen LogP contribution in [0.3, 0.4) is 0 Å². The van der Waals surface area contributed by atoms with Crippen molar-refractivity contribution in [2.24, 2.45) is 0 Å². The Morgan fingerprint density at radius 3 is 2.47 bits per heavy atom. The van der Waals surface area contributed by atoms with Crippen LogP contribution >= 0.6 is 11.6 Å². The highest BCUT2D eigenvalue weighted by atomic mass is 35.5. The van der Waals surface area contributed by atoms with E-state index in [1.54, 1.807) is 6.07 Å². The highest BCUT2D eigenvalue weighted by molar-refractivity contribution is 6.28. The van der Waals surface area contributed by atoms with Crippen LogP contribution in [0.5, 0.6) is 5.75 Å². The number of hydrogen-bond acceptors (Lipinski definition) is 8. The second kappa shape index (κ2) is 7.94. The Bertz CT molecular complexity index is 1040. The van der Waals surface area contributed by atoms with Gasteiger partial charge >= 0.3 is 0 Å². The third-order valence-electron chi connectivity index (χ3n) is 4.67. The SMILES string of the molecule is Cc1cc(-c2nc(-c3cc(C)c(OCC4COC(C)(C)O4)c(C)c3)no2)nc(Cl)n1. The molecule has 8 nitrogen and oxygen atoms in total. The molecule has 1 unspecified atom stereocenters. The molecule has 3 heterocycles. The Morgan fingerprint density at radius 2 is 1.83 bits per heavy atom. The minimum absolute atomic E-state index is 0.0959. The fourth-order valence-electron chi connectivity index (χ4n) is 3.42. The molecule has 1 saturated heterocycles. The molecule has 0 amide bonds. The van der Waals surface area contributed by atoms with Crippen LogP contribution in [0.2, 0.25) is 5.28 Å². The lowest BCUT2D eigenvalue weighted by atomic mass is 10.1. The van der Waals surface area contributed by atoms with Gasteiger partial charge in [-0.2, -0.15) is 4.98 Å². The van der Waals surface area contributed by atoms with Gasteiger partial charge in [0.25, 0.3) is 5.89 Å². The summed E-state index contributed by atoms with van der Waals surface area (Å²) in [6.07, 6.45) is -0.0959. The summed E-state index contributed by atoms with van der Waals surface area (Å²) < 4.78 is 22.8. The molecule has 1 aliphatic heterocycles. The van der Waals surface area contributed by atoms with Gasteiger partial charge in [0, 0.05) is 11.3 Å². The van der Waals surface area contributed by atoms with E-state index >= 15 is 0 Å². The molecule has 2 aromatic heterocycles. The van der Waals surface area contributed by atoms with E-state index in [9.17, 15) is 0 Å². The zero-order valence-corrected chi connectivity index (χ0v) is 18.3. The number of benzene rings is 1. The Kier molecular flexibility index (Phi) is 5.48. The molecule has 30 heavy (non-hydrogen) atoms. The van der Waals surface area contributed by atoms with Crippen molar-refractivity contribution in [2.45, 2.75) is 46.5 Å². The summed E-state index contributed by atoms with van der Waals surface area (Å²) in [4.78, 5) is 12.7. The average Bonchev–Trinajstić information content (AvgIpc) is 3.27. The summed E-state index contributed by atoms with van der Waals surface area (Å²) in [7, 11) is 0. The van der Waals surface area contributed by atoms with Crippen molar-refractivity contribution in [3.8, 4) is 28.7 Å². The Balaban J connectivity index is 1.53.